The van der Waals surface area contributed by atoms with Gasteiger partial charge < -0.3 is 15.0 Å². The van der Waals surface area contributed by atoms with Crippen LogP contribution in [0.15, 0.2) is 48.7 Å². The lowest BCUT2D eigenvalue weighted by Gasteiger charge is -2.42. The zero-order valence-electron chi connectivity index (χ0n) is 16.2. The molecule has 1 unspecified atom stereocenters. The minimum atomic E-state index is -0.401. The third-order valence-corrected chi connectivity index (χ3v) is 6.72. The molecule has 2 N–H and O–H groups in total. The number of aliphatic hydroxyl groups excluding tert-OH is 1. The van der Waals surface area contributed by atoms with Crippen molar-refractivity contribution in [3.05, 3.63) is 70.9 Å². The van der Waals surface area contributed by atoms with E-state index in [9.17, 15) is 9.90 Å². The van der Waals surface area contributed by atoms with Crippen LogP contribution in [0.1, 0.15) is 52.7 Å². The van der Waals surface area contributed by atoms with Crippen LogP contribution in [0.25, 0.3) is 10.9 Å². The molecule has 3 aromatic rings. The highest BCUT2D eigenvalue weighted by Crippen LogP contribution is 2.51. The molecule has 1 aliphatic heterocycles. The quantitative estimate of drug-likeness (QED) is 0.723. The minimum absolute atomic E-state index is 0.00791. The second-order valence-electron chi connectivity index (χ2n) is 8.43. The molecule has 1 saturated carbocycles. The van der Waals surface area contributed by atoms with Crippen molar-refractivity contribution in [1.82, 2.24) is 9.88 Å². The number of aromatic nitrogens is 1. The van der Waals surface area contributed by atoms with E-state index >= 15 is 0 Å². The van der Waals surface area contributed by atoms with E-state index in [0.29, 0.717) is 25.1 Å². The Labute approximate surface area is 165 Å². The highest BCUT2D eigenvalue weighted by atomic mass is 16.3. The zero-order valence-corrected chi connectivity index (χ0v) is 16.2. The molecule has 0 bridgehead atoms. The average Bonchev–Trinajstić information content (AvgIpc) is 3.29. The molecule has 5 rings (SSSR count). The lowest BCUT2D eigenvalue weighted by atomic mass is 9.60. The van der Waals surface area contributed by atoms with Crippen molar-refractivity contribution < 1.29 is 9.90 Å². The van der Waals surface area contributed by atoms with Gasteiger partial charge in [-0.2, -0.15) is 0 Å². The van der Waals surface area contributed by atoms with Gasteiger partial charge in [-0.25, -0.2) is 0 Å². The summed E-state index contributed by atoms with van der Waals surface area (Å²) in [4.78, 5) is 18.2. The van der Waals surface area contributed by atoms with Gasteiger partial charge in [-0.15, -0.1) is 0 Å². The van der Waals surface area contributed by atoms with Crippen molar-refractivity contribution in [2.45, 2.75) is 44.1 Å². The van der Waals surface area contributed by atoms with Crippen LogP contribution in [-0.4, -0.2) is 40.1 Å². The fourth-order valence-electron chi connectivity index (χ4n) is 4.94. The van der Waals surface area contributed by atoms with E-state index in [1.807, 2.05) is 12.1 Å². The van der Waals surface area contributed by atoms with Crippen LogP contribution in [0.2, 0.25) is 0 Å². The number of hydrogen-bond donors (Lipinski definition) is 2. The topological polar surface area (TPSA) is 56.3 Å². The van der Waals surface area contributed by atoms with E-state index in [-0.39, 0.29) is 11.3 Å². The lowest BCUT2D eigenvalue weighted by molar-refractivity contribution is 0.0766. The summed E-state index contributed by atoms with van der Waals surface area (Å²) in [5, 5.41) is 10.9. The summed E-state index contributed by atoms with van der Waals surface area (Å²) in [6, 6.07) is 14.9. The molecule has 1 atom stereocenters. The number of hydrogen-bond acceptors (Lipinski definition) is 2. The van der Waals surface area contributed by atoms with Gasteiger partial charge in [0.05, 0.1) is 17.2 Å². The number of nitrogens with zero attached hydrogens (tertiary/aromatic N) is 1. The highest BCUT2D eigenvalue weighted by molar-refractivity contribution is 6.06. The SMILES string of the molecule is Cc1ccc(C2(c3c[nH]c4c(C(=O)N5CCC(O)C5)cccc34)CCC2)cc1. The first kappa shape index (κ1) is 17.5. The van der Waals surface area contributed by atoms with Crippen molar-refractivity contribution in [2.75, 3.05) is 13.1 Å². The summed E-state index contributed by atoms with van der Waals surface area (Å²) in [5.41, 5.74) is 5.60. The van der Waals surface area contributed by atoms with Gasteiger partial charge in [0, 0.05) is 30.1 Å². The Hall–Kier alpha value is -2.59. The Morgan fingerprint density at radius 1 is 1.18 bits per heavy atom. The van der Waals surface area contributed by atoms with E-state index in [1.54, 1.807) is 4.90 Å². The summed E-state index contributed by atoms with van der Waals surface area (Å²) < 4.78 is 0. The molecule has 4 nitrogen and oxygen atoms in total. The molecule has 28 heavy (non-hydrogen) atoms. The molecule has 2 heterocycles. The van der Waals surface area contributed by atoms with Crippen LogP contribution in [0.3, 0.4) is 0 Å². The van der Waals surface area contributed by atoms with Crippen molar-refractivity contribution in [2.24, 2.45) is 0 Å². The minimum Gasteiger partial charge on any atom is -0.391 e. The zero-order chi connectivity index (χ0) is 19.3. The number of aromatic amines is 1. The Balaban J connectivity index is 1.58. The van der Waals surface area contributed by atoms with E-state index in [1.165, 1.54) is 23.1 Å². The molecule has 2 aliphatic rings. The molecular weight excluding hydrogens is 348 g/mol. The maximum Gasteiger partial charge on any atom is 0.256 e. The maximum atomic E-state index is 13.1. The Bertz CT molecular complexity index is 1030. The number of benzene rings is 2. The number of nitrogens with one attached hydrogen (secondary N) is 1. The van der Waals surface area contributed by atoms with E-state index in [0.717, 1.165) is 23.7 Å². The number of carbonyl (C=O) groups excluding carboxylic acids is 1. The second kappa shape index (κ2) is 6.49. The lowest BCUT2D eigenvalue weighted by Crippen LogP contribution is -2.35. The van der Waals surface area contributed by atoms with Crippen LogP contribution in [0, 0.1) is 6.92 Å². The molecule has 4 heteroatoms. The molecule has 1 aliphatic carbocycles. The number of aliphatic hydroxyl groups is 1. The van der Waals surface area contributed by atoms with Crippen molar-refractivity contribution >= 4 is 16.8 Å². The first-order chi connectivity index (χ1) is 13.6. The smallest absolute Gasteiger partial charge is 0.256 e. The largest absolute Gasteiger partial charge is 0.391 e. The Morgan fingerprint density at radius 3 is 2.61 bits per heavy atom. The molecule has 1 saturated heterocycles. The number of β-amino-alcohol motifs (C(OH)–C–C–N with tert-alkyl or cyclic N) is 1. The molecule has 1 aromatic heterocycles. The van der Waals surface area contributed by atoms with E-state index in [4.69, 9.17) is 0 Å². The van der Waals surface area contributed by atoms with Gasteiger partial charge in [0.25, 0.3) is 5.91 Å². The number of H-pyrrole nitrogens is 1. The van der Waals surface area contributed by atoms with Crippen LogP contribution in [-0.2, 0) is 5.41 Å². The van der Waals surface area contributed by atoms with E-state index < -0.39 is 6.10 Å². The van der Waals surface area contributed by atoms with Crippen LogP contribution in [0.5, 0.6) is 0 Å². The first-order valence-electron chi connectivity index (χ1n) is 10.2. The van der Waals surface area contributed by atoms with Crippen LogP contribution in [0.4, 0.5) is 0 Å². The molecule has 144 valence electrons. The summed E-state index contributed by atoms with van der Waals surface area (Å²) in [5.74, 6) is 0.00791. The van der Waals surface area contributed by atoms with Crippen LogP contribution < -0.4 is 0 Å². The van der Waals surface area contributed by atoms with Gasteiger partial charge in [0.15, 0.2) is 0 Å². The van der Waals surface area contributed by atoms with Gasteiger partial charge in [-0.3, -0.25) is 4.79 Å². The van der Waals surface area contributed by atoms with Crippen molar-refractivity contribution in [3.63, 3.8) is 0 Å². The Kier molecular flexibility index (Phi) is 4.06. The Morgan fingerprint density at radius 2 is 1.96 bits per heavy atom. The second-order valence-corrected chi connectivity index (χ2v) is 8.43. The van der Waals surface area contributed by atoms with Crippen LogP contribution >= 0.6 is 0 Å². The molecule has 2 aromatic carbocycles. The third-order valence-electron chi connectivity index (χ3n) is 6.72. The molecule has 2 fully saturated rings. The highest BCUT2D eigenvalue weighted by Gasteiger charge is 2.42. The number of amides is 1. The molecule has 0 radical (unpaired) electrons. The number of fused-ring (bicyclic) bond motifs is 1. The van der Waals surface area contributed by atoms with Gasteiger partial charge in [-0.05, 0) is 43.4 Å². The van der Waals surface area contributed by atoms with Gasteiger partial charge in [-0.1, -0.05) is 48.4 Å². The fourth-order valence-corrected chi connectivity index (χ4v) is 4.94. The number of aryl methyl sites for hydroxylation is 1. The standard InChI is InChI=1S/C24H26N2O2/c1-16-6-8-17(9-7-16)24(11-3-12-24)21-14-25-22-19(21)4-2-5-20(22)23(28)26-13-10-18(27)15-26/h2,4-9,14,18,25,27H,3,10-13,15H2,1H3. The van der Waals surface area contributed by atoms with E-state index in [2.05, 4.69) is 48.4 Å². The predicted molar refractivity (Wildman–Crippen MR) is 111 cm³/mol. The monoisotopic (exact) mass is 374 g/mol. The fraction of sp³-hybridized carbons (Fsp3) is 0.375. The average molecular weight is 374 g/mol. The molecule has 0 spiro atoms. The van der Waals surface area contributed by atoms with Gasteiger partial charge >= 0.3 is 0 Å². The number of likely N-dealkylation sites (tertiary alicyclic amines) is 1. The number of rotatable bonds is 3. The summed E-state index contributed by atoms with van der Waals surface area (Å²) in [6.07, 6.45) is 5.87. The number of para-hydroxylation sites is 1. The molecular formula is C24H26N2O2. The third kappa shape index (κ3) is 2.59. The normalized spacial score (nSPS) is 21.1. The summed E-state index contributed by atoms with van der Waals surface area (Å²) in [6.45, 7) is 3.17. The van der Waals surface area contributed by atoms with Gasteiger partial charge in [0.1, 0.15) is 0 Å². The maximum absolute atomic E-state index is 13.1. The first-order valence-corrected chi connectivity index (χ1v) is 10.2. The van der Waals surface area contributed by atoms with Crippen molar-refractivity contribution in [1.29, 1.82) is 0 Å². The number of carbonyl (C=O) groups is 1. The summed E-state index contributed by atoms with van der Waals surface area (Å²) in [7, 11) is 0. The predicted octanol–water partition coefficient (Wildman–Crippen LogP) is 4.15. The summed E-state index contributed by atoms with van der Waals surface area (Å²) >= 11 is 0. The van der Waals surface area contributed by atoms with Crippen molar-refractivity contribution in [3.8, 4) is 0 Å². The van der Waals surface area contributed by atoms with Gasteiger partial charge in [0.2, 0.25) is 0 Å². The molecule has 1 amide bonds.